The summed E-state index contributed by atoms with van der Waals surface area (Å²) in [6.07, 6.45) is 0.486. The van der Waals surface area contributed by atoms with Crippen molar-refractivity contribution in [2.24, 2.45) is 0 Å². The number of rotatable bonds is 4. The van der Waals surface area contributed by atoms with Gasteiger partial charge in [0.25, 0.3) is 0 Å². The number of nitrogens with one attached hydrogen (secondary N) is 1. The van der Waals surface area contributed by atoms with Crippen molar-refractivity contribution in [2.75, 3.05) is 7.11 Å². The van der Waals surface area contributed by atoms with Gasteiger partial charge in [0, 0.05) is 12.0 Å². The molecule has 138 valence electrons. The van der Waals surface area contributed by atoms with E-state index in [0.29, 0.717) is 12.2 Å². The average Bonchev–Trinajstić information content (AvgIpc) is 2.60. The molecule has 0 aromatic heterocycles. The van der Waals surface area contributed by atoms with Crippen LogP contribution >= 0.6 is 0 Å². The number of esters is 1. The maximum Gasteiger partial charge on any atom is 0.337 e. The van der Waals surface area contributed by atoms with Crippen molar-refractivity contribution in [1.29, 1.82) is 0 Å². The zero-order valence-corrected chi connectivity index (χ0v) is 15.7. The Hall–Kier alpha value is -2.38. The molecule has 1 atom stereocenters. The van der Waals surface area contributed by atoms with Crippen LogP contribution in [0, 0.1) is 0 Å². The molecule has 0 saturated heterocycles. The van der Waals surface area contributed by atoms with Gasteiger partial charge in [-0.3, -0.25) is 0 Å². The summed E-state index contributed by atoms with van der Waals surface area (Å²) in [5.41, 5.74) is 0.470. The standard InChI is InChI=1S/C19H21NO5S/c1-19(2)12-16(15-9-4-5-10-17(15)25-19)20-26(22,23)14-8-6-7-13(11-14)18(21)24-3/h4-11,16,20H,12H2,1-3H3/t16-/m1/s1. The van der Waals surface area contributed by atoms with Gasteiger partial charge in [-0.1, -0.05) is 24.3 Å². The molecule has 0 amide bonds. The Balaban J connectivity index is 1.94. The molecule has 0 radical (unpaired) electrons. The van der Waals surface area contributed by atoms with Gasteiger partial charge < -0.3 is 9.47 Å². The number of ether oxygens (including phenoxy) is 2. The fourth-order valence-corrected chi connectivity index (χ4v) is 4.33. The van der Waals surface area contributed by atoms with Crippen molar-refractivity contribution in [3.8, 4) is 5.75 Å². The molecule has 1 aliphatic rings. The van der Waals surface area contributed by atoms with E-state index in [9.17, 15) is 13.2 Å². The third kappa shape index (κ3) is 3.73. The summed E-state index contributed by atoms with van der Waals surface area (Å²) in [4.78, 5) is 11.7. The zero-order valence-electron chi connectivity index (χ0n) is 14.9. The Morgan fingerprint density at radius 3 is 2.65 bits per heavy atom. The van der Waals surface area contributed by atoms with Crippen molar-refractivity contribution < 1.29 is 22.7 Å². The Labute approximate surface area is 153 Å². The lowest BCUT2D eigenvalue weighted by molar-refractivity contribution is 0.0600. The van der Waals surface area contributed by atoms with E-state index < -0.39 is 27.6 Å². The second-order valence-electron chi connectivity index (χ2n) is 6.80. The summed E-state index contributed by atoms with van der Waals surface area (Å²) in [6, 6.07) is 12.7. The van der Waals surface area contributed by atoms with Gasteiger partial charge in [-0.15, -0.1) is 0 Å². The maximum atomic E-state index is 12.9. The molecule has 2 aromatic rings. The number of para-hydroxylation sites is 1. The quantitative estimate of drug-likeness (QED) is 0.831. The molecule has 1 aliphatic heterocycles. The first-order chi connectivity index (χ1) is 12.2. The molecule has 0 unspecified atom stereocenters. The maximum absolute atomic E-state index is 12.9. The third-order valence-corrected chi connectivity index (χ3v) is 5.71. The molecule has 0 saturated carbocycles. The first-order valence-electron chi connectivity index (χ1n) is 8.20. The molecular formula is C19H21NO5S. The van der Waals surface area contributed by atoms with Crippen molar-refractivity contribution in [2.45, 2.75) is 36.8 Å². The number of hydrogen-bond acceptors (Lipinski definition) is 5. The Bertz CT molecular complexity index is 936. The smallest absolute Gasteiger partial charge is 0.337 e. The zero-order chi connectivity index (χ0) is 18.9. The highest BCUT2D eigenvalue weighted by Crippen LogP contribution is 2.39. The number of sulfonamides is 1. The van der Waals surface area contributed by atoms with E-state index in [1.807, 2.05) is 38.1 Å². The van der Waals surface area contributed by atoms with Crippen molar-refractivity contribution in [3.05, 3.63) is 59.7 Å². The van der Waals surface area contributed by atoms with Crippen LogP contribution in [0.15, 0.2) is 53.4 Å². The van der Waals surface area contributed by atoms with E-state index >= 15 is 0 Å². The van der Waals surface area contributed by atoms with Crippen LogP contribution in [0.5, 0.6) is 5.75 Å². The van der Waals surface area contributed by atoms with E-state index in [-0.39, 0.29) is 10.5 Å². The Morgan fingerprint density at radius 1 is 1.19 bits per heavy atom. The summed E-state index contributed by atoms with van der Waals surface area (Å²) >= 11 is 0. The second kappa shape index (κ2) is 6.74. The molecule has 3 rings (SSSR count). The minimum Gasteiger partial charge on any atom is -0.487 e. The summed E-state index contributed by atoms with van der Waals surface area (Å²) in [7, 11) is -2.58. The first-order valence-corrected chi connectivity index (χ1v) is 9.69. The normalized spacial score (nSPS) is 18.5. The van der Waals surface area contributed by atoms with Gasteiger partial charge >= 0.3 is 5.97 Å². The summed E-state index contributed by atoms with van der Waals surface area (Å²) in [5, 5.41) is 0. The van der Waals surface area contributed by atoms with Crippen LogP contribution in [0.4, 0.5) is 0 Å². The van der Waals surface area contributed by atoms with Gasteiger partial charge in [-0.25, -0.2) is 17.9 Å². The molecule has 0 fully saturated rings. The molecule has 26 heavy (non-hydrogen) atoms. The lowest BCUT2D eigenvalue weighted by Crippen LogP contribution is -2.41. The lowest BCUT2D eigenvalue weighted by atomic mass is 9.90. The highest BCUT2D eigenvalue weighted by Gasteiger charge is 2.36. The number of hydrogen-bond donors (Lipinski definition) is 1. The van der Waals surface area contributed by atoms with Gasteiger partial charge in [0.1, 0.15) is 11.4 Å². The predicted octanol–water partition coefficient (Wildman–Crippen LogP) is 3.05. The third-order valence-electron chi connectivity index (χ3n) is 4.24. The predicted molar refractivity (Wildman–Crippen MR) is 96.6 cm³/mol. The van der Waals surface area contributed by atoms with E-state index in [1.165, 1.54) is 31.4 Å². The number of fused-ring (bicyclic) bond motifs is 1. The van der Waals surface area contributed by atoms with Gasteiger partial charge in [0.2, 0.25) is 10.0 Å². The van der Waals surface area contributed by atoms with Crippen LogP contribution in [0.2, 0.25) is 0 Å². The average molecular weight is 375 g/mol. The highest BCUT2D eigenvalue weighted by atomic mass is 32.2. The van der Waals surface area contributed by atoms with Crippen LogP contribution in [0.1, 0.15) is 42.2 Å². The molecule has 1 N–H and O–H groups in total. The molecule has 0 bridgehead atoms. The molecule has 0 spiro atoms. The molecule has 0 aliphatic carbocycles. The van der Waals surface area contributed by atoms with Crippen LogP contribution in [-0.4, -0.2) is 27.1 Å². The minimum absolute atomic E-state index is 0.0159. The molecule has 7 heteroatoms. The second-order valence-corrected chi connectivity index (χ2v) is 8.51. The summed E-state index contributed by atoms with van der Waals surface area (Å²) in [5.74, 6) is 0.0827. The topological polar surface area (TPSA) is 81.7 Å². The van der Waals surface area contributed by atoms with Crippen molar-refractivity contribution >= 4 is 16.0 Å². The SMILES string of the molecule is COC(=O)c1cccc(S(=O)(=O)N[C@@H]2CC(C)(C)Oc3ccccc32)c1. The highest BCUT2D eigenvalue weighted by molar-refractivity contribution is 7.89. The van der Waals surface area contributed by atoms with Crippen LogP contribution < -0.4 is 9.46 Å². The van der Waals surface area contributed by atoms with Crippen LogP contribution in [0.25, 0.3) is 0 Å². The van der Waals surface area contributed by atoms with Gasteiger partial charge in [-0.05, 0) is 38.1 Å². The Kier molecular flexibility index (Phi) is 4.77. The van der Waals surface area contributed by atoms with Crippen molar-refractivity contribution in [1.82, 2.24) is 4.72 Å². The minimum atomic E-state index is -3.83. The number of carbonyl (C=O) groups is 1. The van der Waals surface area contributed by atoms with Crippen LogP contribution in [-0.2, 0) is 14.8 Å². The number of benzene rings is 2. The molecular weight excluding hydrogens is 354 g/mol. The van der Waals surface area contributed by atoms with E-state index in [0.717, 1.165) is 5.56 Å². The number of carbonyl (C=O) groups excluding carboxylic acids is 1. The lowest BCUT2D eigenvalue weighted by Gasteiger charge is -2.37. The molecule has 6 nitrogen and oxygen atoms in total. The van der Waals surface area contributed by atoms with E-state index in [1.54, 1.807) is 0 Å². The van der Waals surface area contributed by atoms with Gasteiger partial charge in [0.15, 0.2) is 0 Å². The molecule has 2 aromatic carbocycles. The number of methoxy groups -OCH3 is 1. The van der Waals surface area contributed by atoms with Gasteiger partial charge in [0.05, 0.1) is 23.6 Å². The summed E-state index contributed by atoms with van der Waals surface area (Å²) < 4.78 is 39.1. The first kappa shape index (κ1) is 18.4. The van der Waals surface area contributed by atoms with E-state index in [2.05, 4.69) is 9.46 Å². The summed E-state index contributed by atoms with van der Waals surface area (Å²) in [6.45, 7) is 3.84. The fraction of sp³-hybridized carbons (Fsp3) is 0.316. The largest absolute Gasteiger partial charge is 0.487 e. The van der Waals surface area contributed by atoms with Crippen molar-refractivity contribution in [3.63, 3.8) is 0 Å². The van der Waals surface area contributed by atoms with E-state index in [4.69, 9.17) is 4.74 Å². The monoisotopic (exact) mass is 375 g/mol. The van der Waals surface area contributed by atoms with Gasteiger partial charge in [-0.2, -0.15) is 0 Å². The fourth-order valence-electron chi connectivity index (χ4n) is 3.07. The van der Waals surface area contributed by atoms with Crippen LogP contribution in [0.3, 0.4) is 0 Å². The Morgan fingerprint density at radius 2 is 1.92 bits per heavy atom. The molecule has 1 heterocycles.